The Morgan fingerprint density at radius 1 is 0.917 bits per heavy atom. The van der Waals surface area contributed by atoms with Gasteiger partial charge in [0, 0.05) is 16.3 Å². The molecule has 0 atom stereocenters. The smallest absolute Gasteiger partial charge is 0.406 e. The Morgan fingerprint density at radius 3 is 2.36 bits per heavy atom. The van der Waals surface area contributed by atoms with Crippen LogP contribution in [0.3, 0.4) is 0 Å². The molecule has 10 heteroatoms. The number of nitro groups is 1. The van der Waals surface area contributed by atoms with Crippen molar-refractivity contribution in [3.05, 3.63) is 112 Å². The van der Waals surface area contributed by atoms with Gasteiger partial charge in [0.1, 0.15) is 12.1 Å². The van der Waals surface area contributed by atoms with Crippen molar-refractivity contribution < 1.29 is 14.8 Å². The lowest BCUT2D eigenvalue weighted by Gasteiger charge is -2.14. The van der Waals surface area contributed by atoms with E-state index in [-0.39, 0.29) is 6.54 Å². The fourth-order valence-electron chi connectivity index (χ4n) is 3.83. The number of ether oxygens (including phenoxy) is 1. The molecular formula is C26H18ClN5O4. The van der Waals surface area contributed by atoms with E-state index in [0.717, 1.165) is 22.5 Å². The van der Waals surface area contributed by atoms with Crippen molar-refractivity contribution in [3.8, 4) is 39.8 Å². The lowest BCUT2D eigenvalue weighted by atomic mass is 10.1. The number of benzene rings is 2. The van der Waals surface area contributed by atoms with Gasteiger partial charge in [0.25, 0.3) is 0 Å². The SMILES string of the molecule is O=[N+]([O-])c1nc(Cn2c(-c3ccc(Oc4cncnc4)cc3)ccc2-c2ccccc2Cl)ccc1O. The summed E-state index contributed by atoms with van der Waals surface area (Å²) in [6.07, 6.45) is 4.58. The van der Waals surface area contributed by atoms with E-state index in [1.807, 2.05) is 59.2 Å². The second-order valence-electron chi connectivity index (χ2n) is 7.77. The molecule has 0 saturated heterocycles. The lowest BCUT2D eigenvalue weighted by Crippen LogP contribution is -2.07. The van der Waals surface area contributed by atoms with E-state index >= 15 is 0 Å². The standard InChI is InChI=1S/C26H18ClN5O4/c27-22-4-2-1-3-21(22)24-11-10-23(31(24)15-18-7-12-25(33)26(30-18)32(34)35)17-5-8-19(9-6-17)36-20-13-28-16-29-14-20/h1-14,16,33H,15H2. The minimum Gasteiger partial charge on any atom is -0.501 e. The van der Waals surface area contributed by atoms with Gasteiger partial charge in [-0.25, -0.2) is 9.97 Å². The summed E-state index contributed by atoms with van der Waals surface area (Å²) in [6, 6.07) is 21.7. The molecular weight excluding hydrogens is 482 g/mol. The molecule has 3 aromatic heterocycles. The molecule has 1 N–H and O–H groups in total. The lowest BCUT2D eigenvalue weighted by molar-refractivity contribution is -0.390. The van der Waals surface area contributed by atoms with Crippen LogP contribution in [0.4, 0.5) is 5.82 Å². The summed E-state index contributed by atoms with van der Waals surface area (Å²) in [4.78, 5) is 22.5. The molecule has 2 aromatic carbocycles. The van der Waals surface area contributed by atoms with Crippen LogP contribution in [0.25, 0.3) is 22.5 Å². The minimum absolute atomic E-state index is 0.212. The Morgan fingerprint density at radius 2 is 1.64 bits per heavy atom. The van der Waals surface area contributed by atoms with E-state index in [1.54, 1.807) is 24.5 Å². The maximum Gasteiger partial charge on any atom is 0.406 e. The molecule has 0 fully saturated rings. The predicted molar refractivity (Wildman–Crippen MR) is 134 cm³/mol. The third kappa shape index (κ3) is 4.73. The minimum atomic E-state index is -0.707. The highest BCUT2D eigenvalue weighted by molar-refractivity contribution is 6.33. The normalized spacial score (nSPS) is 10.8. The second kappa shape index (κ2) is 9.85. The molecule has 0 aliphatic rings. The van der Waals surface area contributed by atoms with Crippen molar-refractivity contribution >= 4 is 17.4 Å². The van der Waals surface area contributed by atoms with Crippen LogP contribution in [0.2, 0.25) is 5.02 Å². The summed E-state index contributed by atoms with van der Waals surface area (Å²) in [5, 5.41) is 21.7. The first kappa shape index (κ1) is 23.0. The van der Waals surface area contributed by atoms with Gasteiger partial charge in [0.15, 0.2) is 11.4 Å². The first-order chi connectivity index (χ1) is 17.5. The van der Waals surface area contributed by atoms with Gasteiger partial charge in [-0.1, -0.05) is 29.8 Å². The van der Waals surface area contributed by atoms with Gasteiger partial charge in [0.2, 0.25) is 5.75 Å². The van der Waals surface area contributed by atoms with Gasteiger partial charge in [-0.2, -0.15) is 0 Å². The molecule has 0 saturated carbocycles. The van der Waals surface area contributed by atoms with Crippen LogP contribution in [-0.4, -0.2) is 29.5 Å². The average molecular weight is 500 g/mol. The van der Waals surface area contributed by atoms with Crippen molar-refractivity contribution in [1.82, 2.24) is 19.5 Å². The van der Waals surface area contributed by atoms with E-state index in [0.29, 0.717) is 22.2 Å². The summed E-state index contributed by atoms with van der Waals surface area (Å²) in [7, 11) is 0. The van der Waals surface area contributed by atoms with E-state index < -0.39 is 16.5 Å². The number of pyridine rings is 1. The third-order valence-corrected chi connectivity index (χ3v) is 5.79. The first-order valence-corrected chi connectivity index (χ1v) is 11.2. The highest BCUT2D eigenvalue weighted by Gasteiger charge is 2.20. The van der Waals surface area contributed by atoms with Crippen molar-refractivity contribution in [2.45, 2.75) is 6.54 Å². The molecule has 0 bridgehead atoms. The molecule has 0 spiro atoms. The summed E-state index contributed by atoms with van der Waals surface area (Å²) >= 11 is 6.50. The molecule has 0 aliphatic carbocycles. The monoisotopic (exact) mass is 499 g/mol. The van der Waals surface area contributed by atoms with Gasteiger partial charge >= 0.3 is 5.82 Å². The van der Waals surface area contributed by atoms with Crippen molar-refractivity contribution in [3.63, 3.8) is 0 Å². The van der Waals surface area contributed by atoms with Crippen molar-refractivity contribution in [2.75, 3.05) is 0 Å². The molecule has 0 unspecified atom stereocenters. The summed E-state index contributed by atoms with van der Waals surface area (Å²) in [5.74, 6) is 0.0672. The highest BCUT2D eigenvalue weighted by Crippen LogP contribution is 2.35. The molecule has 0 amide bonds. The van der Waals surface area contributed by atoms with Crippen molar-refractivity contribution in [2.24, 2.45) is 0 Å². The molecule has 3 heterocycles. The van der Waals surface area contributed by atoms with E-state index in [9.17, 15) is 15.2 Å². The molecule has 178 valence electrons. The molecule has 0 aliphatic heterocycles. The van der Waals surface area contributed by atoms with Crippen LogP contribution in [0.15, 0.2) is 91.5 Å². The van der Waals surface area contributed by atoms with E-state index in [2.05, 4.69) is 15.0 Å². The van der Waals surface area contributed by atoms with Gasteiger partial charge < -0.3 is 24.5 Å². The molecule has 36 heavy (non-hydrogen) atoms. The van der Waals surface area contributed by atoms with Crippen molar-refractivity contribution in [1.29, 1.82) is 0 Å². The maximum absolute atomic E-state index is 11.3. The number of aromatic hydroxyl groups is 1. The Kier molecular flexibility index (Phi) is 6.29. The zero-order valence-corrected chi connectivity index (χ0v) is 19.4. The fraction of sp³-hybridized carbons (Fsp3) is 0.0385. The quantitative estimate of drug-likeness (QED) is 0.212. The van der Waals surface area contributed by atoms with E-state index in [4.69, 9.17) is 16.3 Å². The first-order valence-electron chi connectivity index (χ1n) is 10.8. The van der Waals surface area contributed by atoms with Crippen LogP contribution < -0.4 is 4.74 Å². The Labute approximate surface area is 210 Å². The van der Waals surface area contributed by atoms with Gasteiger partial charge in [-0.15, -0.1) is 0 Å². The van der Waals surface area contributed by atoms with Crippen LogP contribution in [-0.2, 0) is 6.54 Å². The summed E-state index contributed by atoms with van der Waals surface area (Å²) in [6.45, 7) is 0.212. The largest absolute Gasteiger partial charge is 0.501 e. The average Bonchev–Trinajstić information content (AvgIpc) is 3.29. The van der Waals surface area contributed by atoms with E-state index in [1.165, 1.54) is 12.4 Å². The van der Waals surface area contributed by atoms with Gasteiger partial charge in [-0.05, 0) is 70.1 Å². The Hall–Kier alpha value is -4.76. The topological polar surface area (TPSA) is 116 Å². The summed E-state index contributed by atoms with van der Waals surface area (Å²) in [5.41, 5.74) is 3.77. The van der Waals surface area contributed by atoms with Crippen LogP contribution in [0.1, 0.15) is 5.69 Å². The van der Waals surface area contributed by atoms with Crippen LogP contribution in [0.5, 0.6) is 17.2 Å². The maximum atomic E-state index is 11.3. The number of rotatable bonds is 7. The fourth-order valence-corrected chi connectivity index (χ4v) is 4.06. The predicted octanol–water partition coefficient (Wildman–Crippen LogP) is 6.11. The summed E-state index contributed by atoms with van der Waals surface area (Å²) < 4.78 is 7.76. The van der Waals surface area contributed by atoms with Crippen LogP contribution in [0, 0.1) is 10.1 Å². The second-order valence-corrected chi connectivity index (χ2v) is 8.18. The van der Waals surface area contributed by atoms with Gasteiger partial charge in [-0.3, -0.25) is 0 Å². The highest BCUT2D eigenvalue weighted by atomic mass is 35.5. The Balaban J connectivity index is 1.55. The zero-order valence-electron chi connectivity index (χ0n) is 18.7. The number of aromatic nitrogens is 4. The number of hydrogen-bond acceptors (Lipinski definition) is 7. The molecule has 0 radical (unpaired) electrons. The Bertz CT molecular complexity index is 1540. The molecule has 9 nitrogen and oxygen atoms in total. The van der Waals surface area contributed by atoms with Gasteiger partial charge in [0.05, 0.1) is 24.6 Å². The molecule has 5 rings (SSSR count). The number of halogens is 1. The third-order valence-electron chi connectivity index (χ3n) is 5.46. The number of hydrogen-bond donors (Lipinski definition) is 1. The zero-order chi connectivity index (χ0) is 25.1. The number of nitrogens with zero attached hydrogens (tertiary/aromatic N) is 5. The van der Waals surface area contributed by atoms with Crippen LogP contribution >= 0.6 is 11.6 Å². The molecule has 5 aromatic rings.